The first-order chi connectivity index (χ1) is 5.70. The first kappa shape index (κ1) is 11.8. The Labute approximate surface area is 81.3 Å². The van der Waals surface area contributed by atoms with Gasteiger partial charge in [-0.2, -0.15) is 0 Å². The summed E-state index contributed by atoms with van der Waals surface area (Å²) in [4.78, 5) is 0. The first-order valence-electron chi connectivity index (χ1n) is 4.69. The Morgan fingerprint density at radius 3 is 2.67 bits per heavy atom. The molecule has 0 saturated carbocycles. The van der Waals surface area contributed by atoms with E-state index in [1.165, 1.54) is 12.8 Å². The molecule has 0 aliphatic rings. The fraction of sp³-hybridized carbons (Fsp3) is 0.636. The van der Waals surface area contributed by atoms with Crippen LogP contribution in [0.1, 0.15) is 40.0 Å². The number of halogens is 1. The van der Waals surface area contributed by atoms with E-state index in [1.54, 1.807) is 0 Å². The molecule has 0 rings (SSSR count). The molecule has 70 valence electrons. The van der Waals surface area contributed by atoms with Gasteiger partial charge in [-0.25, -0.2) is 0 Å². The molecule has 0 N–H and O–H groups in total. The molecule has 0 radical (unpaired) electrons. The summed E-state index contributed by atoms with van der Waals surface area (Å²) in [5, 5.41) is 1.00. The van der Waals surface area contributed by atoms with Gasteiger partial charge in [0.2, 0.25) is 0 Å². The predicted octanol–water partition coefficient (Wildman–Crippen LogP) is 4.51. The molecule has 12 heavy (non-hydrogen) atoms. The average molecular weight is 187 g/mol. The fourth-order valence-corrected chi connectivity index (χ4v) is 1.41. The SMILES string of the molecule is C/C=C/C(C)/C=C(\Cl)CCCC. The maximum atomic E-state index is 6.02. The minimum absolute atomic E-state index is 0.472. The topological polar surface area (TPSA) is 0 Å². The Kier molecular flexibility index (Phi) is 7.28. The van der Waals surface area contributed by atoms with Gasteiger partial charge in [0.05, 0.1) is 0 Å². The van der Waals surface area contributed by atoms with Gasteiger partial charge < -0.3 is 0 Å². The maximum absolute atomic E-state index is 6.02. The smallest absolute Gasteiger partial charge is 0.0147 e. The molecule has 0 saturated heterocycles. The lowest BCUT2D eigenvalue weighted by atomic mass is 10.1. The molecular weight excluding hydrogens is 168 g/mol. The quantitative estimate of drug-likeness (QED) is 0.555. The van der Waals surface area contributed by atoms with E-state index in [4.69, 9.17) is 11.6 Å². The molecule has 1 unspecified atom stereocenters. The lowest BCUT2D eigenvalue weighted by Gasteiger charge is -2.00. The minimum atomic E-state index is 0.472. The van der Waals surface area contributed by atoms with Crippen molar-refractivity contribution in [3.8, 4) is 0 Å². The first-order valence-corrected chi connectivity index (χ1v) is 5.07. The highest BCUT2D eigenvalue weighted by Gasteiger charge is 1.95. The van der Waals surface area contributed by atoms with Crippen LogP contribution >= 0.6 is 11.6 Å². The Morgan fingerprint density at radius 2 is 2.17 bits per heavy atom. The van der Waals surface area contributed by atoms with Gasteiger partial charge in [-0.15, -0.1) is 0 Å². The van der Waals surface area contributed by atoms with Crippen LogP contribution in [0.4, 0.5) is 0 Å². The highest BCUT2D eigenvalue weighted by atomic mass is 35.5. The second-order valence-corrected chi connectivity index (χ2v) is 3.59. The third-order valence-corrected chi connectivity index (χ3v) is 2.02. The van der Waals surface area contributed by atoms with E-state index in [0.29, 0.717) is 5.92 Å². The van der Waals surface area contributed by atoms with Crippen LogP contribution < -0.4 is 0 Å². The van der Waals surface area contributed by atoms with Gasteiger partial charge in [0.1, 0.15) is 0 Å². The molecule has 0 heterocycles. The Hall–Kier alpha value is -0.230. The second kappa shape index (κ2) is 7.42. The number of unbranched alkanes of at least 4 members (excludes halogenated alkanes) is 1. The van der Waals surface area contributed by atoms with E-state index < -0.39 is 0 Å². The molecule has 0 aliphatic carbocycles. The van der Waals surface area contributed by atoms with Gasteiger partial charge in [-0.1, -0.05) is 50.1 Å². The van der Waals surface area contributed by atoms with Crippen LogP contribution in [0.15, 0.2) is 23.3 Å². The van der Waals surface area contributed by atoms with Gasteiger partial charge >= 0.3 is 0 Å². The molecule has 0 spiro atoms. The number of rotatable bonds is 5. The van der Waals surface area contributed by atoms with Crippen LogP contribution in [-0.2, 0) is 0 Å². The van der Waals surface area contributed by atoms with Crippen molar-refractivity contribution in [2.75, 3.05) is 0 Å². The zero-order valence-electron chi connectivity index (χ0n) is 8.31. The summed E-state index contributed by atoms with van der Waals surface area (Å²) >= 11 is 6.02. The van der Waals surface area contributed by atoms with Crippen molar-refractivity contribution >= 4 is 11.6 Å². The fourth-order valence-electron chi connectivity index (χ4n) is 1.07. The van der Waals surface area contributed by atoms with Crippen LogP contribution in [0, 0.1) is 5.92 Å². The summed E-state index contributed by atoms with van der Waals surface area (Å²) in [6, 6.07) is 0. The van der Waals surface area contributed by atoms with Crippen molar-refractivity contribution in [2.24, 2.45) is 5.92 Å². The van der Waals surface area contributed by atoms with Gasteiger partial charge in [0.25, 0.3) is 0 Å². The van der Waals surface area contributed by atoms with Gasteiger partial charge in [0.15, 0.2) is 0 Å². The molecule has 0 bridgehead atoms. The van der Waals surface area contributed by atoms with E-state index in [1.807, 2.05) is 6.92 Å². The second-order valence-electron chi connectivity index (χ2n) is 3.10. The summed E-state index contributed by atoms with van der Waals surface area (Å²) in [6.07, 6.45) is 9.76. The summed E-state index contributed by atoms with van der Waals surface area (Å²) < 4.78 is 0. The molecule has 0 fully saturated rings. The summed E-state index contributed by atoms with van der Waals surface area (Å²) in [5.41, 5.74) is 0. The largest absolute Gasteiger partial charge is 0.0911 e. The van der Waals surface area contributed by atoms with Crippen molar-refractivity contribution in [1.82, 2.24) is 0 Å². The monoisotopic (exact) mass is 186 g/mol. The van der Waals surface area contributed by atoms with E-state index in [-0.39, 0.29) is 0 Å². The van der Waals surface area contributed by atoms with Gasteiger partial charge in [-0.3, -0.25) is 0 Å². The Balaban J connectivity index is 3.80. The lowest BCUT2D eigenvalue weighted by molar-refractivity contribution is 0.797. The van der Waals surface area contributed by atoms with Gasteiger partial charge in [0, 0.05) is 5.03 Å². The van der Waals surface area contributed by atoms with Crippen LogP contribution in [0.2, 0.25) is 0 Å². The normalized spacial score (nSPS) is 15.5. The van der Waals surface area contributed by atoms with Crippen molar-refractivity contribution in [1.29, 1.82) is 0 Å². The van der Waals surface area contributed by atoms with Crippen molar-refractivity contribution in [3.05, 3.63) is 23.3 Å². The van der Waals surface area contributed by atoms with Crippen LogP contribution in [-0.4, -0.2) is 0 Å². The molecule has 0 aromatic heterocycles. The zero-order valence-corrected chi connectivity index (χ0v) is 9.06. The molecule has 0 aromatic rings. The van der Waals surface area contributed by atoms with Crippen LogP contribution in [0.25, 0.3) is 0 Å². The average Bonchev–Trinajstić information content (AvgIpc) is 2.01. The Morgan fingerprint density at radius 1 is 1.50 bits per heavy atom. The van der Waals surface area contributed by atoms with Gasteiger partial charge in [-0.05, 0) is 25.7 Å². The summed E-state index contributed by atoms with van der Waals surface area (Å²) in [7, 11) is 0. The van der Waals surface area contributed by atoms with Crippen molar-refractivity contribution in [3.63, 3.8) is 0 Å². The highest BCUT2D eigenvalue weighted by molar-refractivity contribution is 6.29. The molecule has 0 aromatic carbocycles. The summed E-state index contributed by atoms with van der Waals surface area (Å²) in [6.45, 7) is 6.36. The van der Waals surface area contributed by atoms with Crippen molar-refractivity contribution < 1.29 is 0 Å². The standard InChI is InChI=1S/C11H19Cl/c1-4-6-8-11(12)9-10(3)7-5-2/h5,7,9-10H,4,6,8H2,1-3H3/b7-5+,11-9-. The molecular formula is C11H19Cl. The predicted molar refractivity (Wildman–Crippen MR) is 57.4 cm³/mol. The maximum Gasteiger partial charge on any atom is 0.0147 e. The molecule has 1 atom stereocenters. The van der Waals surface area contributed by atoms with E-state index in [2.05, 4.69) is 32.1 Å². The highest BCUT2D eigenvalue weighted by Crippen LogP contribution is 2.15. The zero-order chi connectivity index (χ0) is 9.40. The van der Waals surface area contributed by atoms with E-state index in [9.17, 15) is 0 Å². The van der Waals surface area contributed by atoms with Crippen molar-refractivity contribution in [2.45, 2.75) is 40.0 Å². The molecule has 0 nitrogen and oxygen atoms in total. The number of hydrogen-bond acceptors (Lipinski definition) is 0. The number of allylic oxidation sites excluding steroid dienone is 4. The Bertz CT molecular complexity index is 156. The summed E-state index contributed by atoms with van der Waals surface area (Å²) in [5.74, 6) is 0.472. The molecule has 0 amide bonds. The van der Waals surface area contributed by atoms with E-state index in [0.717, 1.165) is 11.5 Å². The lowest BCUT2D eigenvalue weighted by Crippen LogP contribution is -1.84. The van der Waals surface area contributed by atoms with Crippen LogP contribution in [0.5, 0.6) is 0 Å². The minimum Gasteiger partial charge on any atom is -0.0911 e. The van der Waals surface area contributed by atoms with Crippen LogP contribution in [0.3, 0.4) is 0 Å². The third kappa shape index (κ3) is 6.48. The number of hydrogen-bond donors (Lipinski definition) is 0. The van der Waals surface area contributed by atoms with E-state index >= 15 is 0 Å². The third-order valence-electron chi connectivity index (χ3n) is 1.71. The molecule has 1 heteroatoms. The molecule has 0 aliphatic heterocycles.